The summed E-state index contributed by atoms with van der Waals surface area (Å²) in [5, 5.41) is 3.03. The smallest absolute Gasteiger partial charge is 0.164 e. The summed E-state index contributed by atoms with van der Waals surface area (Å²) in [7, 11) is 1.57. The van der Waals surface area contributed by atoms with E-state index in [1.54, 1.807) is 20.1 Å². The molecule has 0 fully saturated rings. The van der Waals surface area contributed by atoms with E-state index in [0.717, 1.165) is 5.56 Å². The summed E-state index contributed by atoms with van der Waals surface area (Å²) in [5.41, 5.74) is 6.77. The van der Waals surface area contributed by atoms with Gasteiger partial charge in [0, 0.05) is 7.11 Å². The molecule has 1 unspecified atom stereocenters. The SMILES string of the molecule is COCC(NC(N)=S)c1ccc(C)c(F)c1. The topological polar surface area (TPSA) is 47.3 Å². The first-order valence-electron chi connectivity index (χ1n) is 4.85. The van der Waals surface area contributed by atoms with Gasteiger partial charge in [0.1, 0.15) is 5.82 Å². The van der Waals surface area contributed by atoms with E-state index in [2.05, 4.69) is 5.32 Å². The number of ether oxygens (including phenoxy) is 1. The Morgan fingerprint density at radius 3 is 2.81 bits per heavy atom. The maximum absolute atomic E-state index is 13.4. The van der Waals surface area contributed by atoms with Gasteiger partial charge in [-0.25, -0.2) is 4.39 Å². The van der Waals surface area contributed by atoms with E-state index in [9.17, 15) is 4.39 Å². The first-order valence-corrected chi connectivity index (χ1v) is 5.26. The average molecular weight is 242 g/mol. The van der Waals surface area contributed by atoms with Crippen LogP contribution in [-0.4, -0.2) is 18.8 Å². The molecule has 0 heterocycles. The van der Waals surface area contributed by atoms with Gasteiger partial charge in [-0.1, -0.05) is 12.1 Å². The van der Waals surface area contributed by atoms with Crippen LogP contribution in [0.1, 0.15) is 17.2 Å². The van der Waals surface area contributed by atoms with Crippen molar-refractivity contribution in [3.63, 3.8) is 0 Å². The van der Waals surface area contributed by atoms with Gasteiger partial charge in [0.15, 0.2) is 5.11 Å². The maximum Gasteiger partial charge on any atom is 0.164 e. The largest absolute Gasteiger partial charge is 0.382 e. The summed E-state index contributed by atoms with van der Waals surface area (Å²) in [4.78, 5) is 0. The highest BCUT2D eigenvalue weighted by Gasteiger charge is 2.12. The van der Waals surface area contributed by atoms with E-state index in [1.165, 1.54) is 6.07 Å². The van der Waals surface area contributed by atoms with E-state index in [1.807, 2.05) is 6.07 Å². The molecular weight excluding hydrogens is 227 g/mol. The Balaban J connectivity index is 2.91. The van der Waals surface area contributed by atoms with Crippen LogP contribution >= 0.6 is 12.2 Å². The van der Waals surface area contributed by atoms with E-state index in [0.29, 0.717) is 12.2 Å². The lowest BCUT2D eigenvalue weighted by Crippen LogP contribution is -2.35. The van der Waals surface area contributed by atoms with Crippen LogP contribution in [0.25, 0.3) is 0 Å². The molecule has 1 aromatic rings. The van der Waals surface area contributed by atoms with Crippen molar-refractivity contribution in [3.05, 3.63) is 35.1 Å². The number of benzene rings is 1. The second-order valence-corrected chi connectivity index (χ2v) is 3.96. The molecule has 3 N–H and O–H groups in total. The second-order valence-electron chi connectivity index (χ2n) is 3.53. The molecule has 0 spiro atoms. The van der Waals surface area contributed by atoms with Gasteiger partial charge < -0.3 is 15.8 Å². The third-order valence-corrected chi connectivity index (χ3v) is 2.37. The molecule has 0 aliphatic carbocycles. The van der Waals surface area contributed by atoms with Crippen molar-refractivity contribution < 1.29 is 9.13 Å². The monoisotopic (exact) mass is 242 g/mol. The van der Waals surface area contributed by atoms with Gasteiger partial charge in [-0.3, -0.25) is 0 Å². The van der Waals surface area contributed by atoms with Crippen LogP contribution in [0.3, 0.4) is 0 Å². The Morgan fingerprint density at radius 1 is 1.62 bits per heavy atom. The fourth-order valence-corrected chi connectivity index (χ4v) is 1.53. The van der Waals surface area contributed by atoms with E-state index < -0.39 is 0 Å². The van der Waals surface area contributed by atoms with Crippen LogP contribution in [0.4, 0.5) is 4.39 Å². The fourth-order valence-electron chi connectivity index (χ4n) is 1.39. The summed E-state index contributed by atoms with van der Waals surface area (Å²) in [6.45, 7) is 2.09. The van der Waals surface area contributed by atoms with E-state index >= 15 is 0 Å². The Bertz CT molecular complexity index is 384. The molecule has 0 aliphatic rings. The minimum absolute atomic E-state index is 0.169. The molecule has 1 rings (SSSR count). The van der Waals surface area contributed by atoms with Gasteiger partial charge in [-0.15, -0.1) is 0 Å². The minimum atomic E-state index is -0.247. The lowest BCUT2D eigenvalue weighted by molar-refractivity contribution is 0.174. The Kier molecular flexibility index (Phi) is 4.64. The number of hydrogen-bond donors (Lipinski definition) is 2. The highest BCUT2D eigenvalue weighted by atomic mass is 32.1. The molecule has 1 atom stereocenters. The Hall–Kier alpha value is -1.20. The fraction of sp³-hybridized carbons (Fsp3) is 0.364. The van der Waals surface area contributed by atoms with Gasteiger partial charge >= 0.3 is 0 Å². The van der Waals surface area contributed by atoms with Crippen molar-refractivity contribution in [2.45, 2.75) is 13.0 Å². The summed E-state index contributed by atoms with van der Waals surface area (Å²) in [6.07, 6.45) is 0. The zero-order valence-electron chi connectivity index (χ0n) is 9.29. The molecule has 0 radical (unpaired) electrons. The number of methoxy groups -OCH3 is 1. The lowest BCUT2D eigenvalue weighted by Gasteiger charge is -2.18. The van der Waals surface area contributed by atoms with Crippen LogP contribution in [-0.2, 0) is 4.74 Å². The average Bonchev–Trinajstić information content (AvgIpc) is 2.21. The first-order chi connectivity index (χ1) is 7.54. The van der Waals surface area contributed by atoms with Crippen molar-refractivity contribution >= 4 is 17.3 Å². The highest BCUT2D eigenvalue weighted by Crippen LogP contribution is 2.16. The second kappa shape index (κ2) is 5.77. The van der Waals surface area contributed by atoms with Gasteiger partial charge in [0.05, 0.1) is 12.6 Å². The number of hydrogen-bond acceptors (Lipinski definition) is 2. The van der Waals surface area contributed by atoms with Crippen LogP contribution in [0.15, 0.2) is 18.2 Å². The summed E-state index contributed by atoms with van der Waals surface area (Å²) in [6, 6.07) is 4.78. The van der Waals surface area contributed by atoms with Crippen molar-refractivity contribution in [2.24, 2.45) is 5.73 Å². The molecular formula is C11H15FN2OS. The Labute approximate surface area is 99.8 Å². The van der Waals surface area contributed by atoms with Crippen LogP contribution in [0, 0.1) is 12.7 Å². The highest BCUT2D eigenvalue weighted by molar-refractivity contribution is 7.80. The molecule has 0 aromatic heterocycles. The number of nitrogens with one attached hydrogen (secondary N) is 1. The summed E-state index contributed by atoms with van der Waals surface area (Å²) in [5.74, 6) is -0.247. The minimum Gasteiger partial charge on any atom is -0.382 e. The van der Waals surface area contributed by atoms with Crippen LogP contribution in [0.2, 0.25) is 0 Å². The van der Waals surface area contributed by atoms with Crippen molar-refractivity contribution in [3.8, 4) is 0 Å². The molecule has 0 saturated carbocycles. The summed E-state index contributed by atoms with van der Waals surface area (Å²) < 4.78 is 18.4. The first kappa shape index (κ1) is 12.9. The standard InChI is InChI=1S/C11H15FN2OS/c1-7-3-4-8(5-9(7)12)10(6-15-2)14-11(13)16/h3-5,10H,6H2,1-2H3,(H3,13,14,16). The molecule has 88 valence electrons. The van der Waals surface area contributed by atoms with Gasteiger partial charge in [0.25, 0.3) is 0 Å². The molecule has 0 bridgehead atoms. The molecule has 1 aromatic carbocycles. The van der Waals surface area contributed by atoms with Gasteiger partial charge in [0.2, 0.25) is 0 Å². The predicted molar refractivity (Wildman–Crippen MR) is 65.7 cm³/mol. The van der Waals surface area contributed by atoms with E-state index in [-0.39, 0.29) is 17.0 Å². The van der Waals surface area contributed by atoms with Crippen molar-refractivity contribution in [2.75, 3.05) is 13.7 Å². The number of aryl methyl sites for hydroxylation is 1. The third kappa shape index (κ3) is 3.43. The quantitative estimate of drug-likeness (QED) is 0.788. The van der Waals surface area contributed by atoms with Gasteiger partial charge in [-0.2, -0.15) is 0 Å². The zero-order chi connectivity index (χ0) is 12.1. The number of rotatable bonds is 4. The predicted octanol–water partition coefficient (Wildman–Crippen LogP) is 1.65. The van der Waals surface area contributed by atoms with Crippen LogP contribution in [0.5, 0.6) is 0 Å². The molecule has 5 heteroatoms. The number of nitrogens with two attached hydrogens (primary N) is 1. The lowest BCUT2D eigenvalue weighted by atomic mass is 10.1. The normalized spacial score (nSPS) is 12.2. The maximum atomic E-state index is 13.4. The third-order valence-electron chi connectivity index (χ3n) is 2.25. The molecule has 0 amide bonds. The van der Waals surface area contributed by atoms with E-state index in [4.69, 9.17) is 22.7 Å². The molecule has 16 heavy (non-hydrogen) atoms. The summed E-state index contributed by atoms with van der Waals surface area (Å²) >= 11 is 4.76. The Morgan fingerprint density at radius 2 is 2.31 bits per heavy atom. The molecule has 0 saturated heterocycles. The zero-order valence-corrected chi connectivity index (χ0v) is 10.1. The number of thiocarbonyl (C=S) groups is 1. The molecule has 0 aliphatic heterocycles. The van der Waals surface area contributed by atoms with Crippen molar-refractivity contribution in [1.82, 2.24) is 5.32 Å². The van der Waals surface area contributed by atoms with Crippen LogP contribution < -0.4 is 11.1 Å². The molecule has 3 nitrogen and oxygen atoms in total. The van der Waals surface area contributed by atoms with Gasteiger partial charge in [-0.05, 0) is 36.3 Å². The number of halogens is 1. The van der Waals surface area contributed by atoms with Crippen molar-refractivity contribution in [1.29, 1.82) is 0 Å².